The fourth-order valence-electron chi connectivity index (χ4n) is 2.47. The molecule has 0 bridgehead atoms. The Hall–Kier alpha value is -0.880. The molecule has 0 aliphatic heterocycles. The molecule has 5 nitrogen and oxygen atoms in total. The molecule has 1 aliphatic rings. The van der Waals surface area contributed by atoms with Gasteiger partial charge in [-0.25, -0.2) is 13.4 Å². The summed E-state index contributed by atoms with van der Waals surface area (Å²) in [5.74, 6) is 0.605. The third-order valence-electron chi connectivity index (χ3n) is 3.55. The second-order valence-corrected chi connectivity index (χ2v) is 6.83. The molecule has 0 saturated heterocycles. The number of aromatic nitrogens is 2. The van der Waals surface area contributed by atoms with Gasteiger partial charge in [-0.05, 0) is 18.8 Å². The standard InChI is InChI=1S/C11H19N3O2S/c1-9-4-3-5-10(6-9)14(2)17(15,16)11-7-12-8-13-11/h7-10H,3-6H2,1-2H3,(H,12,13). The number of hydrogen-bond acceptors (Lipinski definition) is 3. The highest BCUT2D eigenvalue weighted by molar-refractivity contribution is 7.89. The molecule has 0 aromatic carbocycles. The monoisotopic (exact) mass is 257 g/mol. The summed E-state index contributed by atoms with van der Waals surface area (Å²) in [7, 11) is -1.74. The first-order valence-electron chi connectivity index (χ1n) is 5.98. The Balaban J connectivity index is 2.17. The van der Waals surface area contributed by atoms with Crippen molar-refractivity contribution in [3.8, 4) is 0 Å². The van der Waals surface area contributed by atoms with Crippen molar-refractivity contribution in [1.29, 1.82) is 0 Å². The van der Waals surface area contributed by atoms with Crippen molar-refractivity contribution >= 4 is 10.0 Å². The van der Waals surface area contributed by atoms with Crippen LogP contribution in [0.1, 0.15) is 32.6 Å². The number of sulfonamides is 1. The van der Waals surface area contributed by atoms with Crippen molar-refractivity contribution in [2.75, 3.05) is 7.05 Å². The van der Waals surface area contributed by atoms with E-state index in [-0.39, 0.29) is 11.1 Å². The van der Waals surface area contributed by atoms with Crippen LogP contribution in [-0.2, 0) is 10.0 Å². The molecule has 1 aromatic rings. The van der Waals surface area contributed by atoms with E-state index in [0.717, 1.165) is 19.3 Å². The summed E-state index contributed by atoms with van der Waals surface area (Å²) >= 11 is 0. The van der Waals surface area contributed by atoms with Crippen LogP contribution in [0.3, 0.4) is 0 Å². The minimum atomic E-state index is -3.40. The summed E-state index contributed by atoms with van der Waals surface area (Å²) in [4.78, 5) is 6.44. The van der Waals surface area contributed by atoms with Crippen LogP contribution >= 0.6 is 0 Å². The topological polar surface area (TPSA) is 66.1 Å². The predicted octanol–water partition coefficient (Wildman–Crippen LogP) is 1.61. The summed E-state index contributed by atoms with van der Waals surface area (Å²) in [6.07, 6.45) is 6.96. The Kier molecular flexibility index (Phi) is 3.53. The normalized spacial score (nSPS) is 26.3. The minimum absolute atomic E-state index is 0.118. The van der Waals surface area contributed by atoms with Gasteiger partial charge in [0.2, 0.25) is 0 Å². The summed E-state index contributed by atoms with van der Waals surface area (Å²) in [6.45, 7) is 2.18. The highest BCUT2D eigenvalue weighted by Gasteiger charge is 2.31. The molecule has 1 aromatic heterocycles. The van der Waals surface area contributed by atoms with E-state index in [1.807, 2.05) is 0 Å². The molecule has 6 heteroatoms. The van der Waals surface area contributed by atoms with Crippen LogP contribution in [0, 0.1) is 5.92 Å². The summed E-state index contributed by atoms with van der Waals surface area (Å²) in [6, 6.07) is 0.118. The zero-order chi connectivity index (χ0) is 12.5. The van der Waals surface area contributed by atoms with Crippen LogP contribution < -0.4 is 0 Å². The Morgan fingerprint density at radius 2 is 2.24 bits per heavy atom. The highest BCUT2D eigenvalue weighted by atomic mass is 32.2. The maximum absolute atomic E-state index is 12.3. The van der Waals surface area contributed by atoms with E-state index in [4.69, 9.17) is 0 Å². The lowest BCUT2D eigenvalue weighted by atomic mass is 9.87. The van der Waals surface area contributed by atoms with Crippen molar-refractivity contribution in [1.82, 2.24) is 14.3 Å². The van der Waals surface area contributed by atoms with Crippen LogP contribution in [0.4, 0.5) is 0 Å². The molecule has 2 unspecified atom stereocenters. The van der Waals surface area contributed by atoms with E-state index in [0.29, 0.717) is 5.92 Å². The zero-order valence-corrected chi connectivity index (χ0v) is 11.1. The van der Waals surface area contributed by atoms with Crippen molar-refractivity contribution in [3.63, 3.8) is 0 Å². The van der Waals surface area contributed by atoms with Crippen LogP contribution in [-0.4, -0.2) is 35.8 Å². The van der Waals surface area contributed by atoms with Gasteiger partial charge in [-0.3, -0.25) is 0 Å². The fourth-order valence-corrected chi connectivity index (χ4v) is 3.76. The molecule has 2 atom stereocenters. The van der Waals surface area contributed by atoms with E-state index in [1.54, 1.807) is 7.05 Å². The van der Waals surface area contributed by atoms with Gasteiger partial charge in [-0.1, -0.05) is 19.8 Å². The maximum atomic E-state index is 12.3. The van der Waals surface area contributed by atoms with Crippen LogP contribution in [0.15, 0.2) is 17.6 Å². The lowest BCUT2D eigenvalue weighted by Gasteiger charge is -2.32. The molecule has 1 fully saturated rings. The molecule has 0 amide bonds. The lowest BCUT2D eigenvalue weighted by molar-refractivity contribution is 0.239. The molecular weight excluding hydrogens is 238 g/mol. The summed E-state index contributed by atoms with van der Waals surface area (Å²) < 4.78 is 26.0. The van der Waals surface area contributed by atoms with Gasteiger partial charge in [0.15, 0.2) is 5.03 Å². The highest BCUT2D eigenvalue weighted by Crippen LogP contribution is 2.29. The lowest BCUT2D eigenvalue weighted by Crippen LogP contribution is -2.39. The first-order chi connectivity index (χ1) is 8.01. The molecular formula is C11H19N3O2S. The second kappa shape index (κ2) is 4.78. The van der Waals surface area contributed by atoms with Crippen molar-refractivity contribution < 1.29 is 8.42 Å². The van der Waals surface area contributed by atoms with Gasteiger partial charge in [0.1, 0.15) is 0 Å². The number of hydrogen-bond donors (Lipinski definition) is 1. The average Bonchev–Trinajstić information content (AvgIpc) is 2.82. The van der Waals surface area contributed by atoms with E-state index >= 15 is 0 Å². The van der Waals surface area contributed by atoms with Crippen molar-refractivity contribution in [2.24, 2.45) is 5.92 Å². The fraction of sp³-hybridized carbons (Fsp3) is 0.727. The third-order valence-corrected chi connectivity index (χ3v) is 5.39. The van der Waals surface area contributed by atoms with Crippen LogP contribution in [0.5, 0.6) is 0 Å². The van der Waals surface area contributed by atoms with E-state index in [1.165, 1.54) is 23.3 Å². The first kappa shape index (κ1) is 12.6. The molecule has 1 heterocycles. The van der Waals surface area contributed by atoms with Gasteiger partial charge in [-0.15, -0.1) is 0 Å². The van der Waals surface area contributed by atoms with Crippen molar-refractivity contribution in [2.45, 2.75) is 43.7 Å². The number of H-pyrrole nitrogens is 1. The van der Waals surface area contributed by atoms with Gasteiger partial charge in [-0.2, -0.15) is 4.31 Å². The van der Waals surface area contributed by atoms with Crippen molar-refractivity contribution in [3.05, 3.63) is 12.5 Å². The Morgan fingerprint density at radius 3 is 2.82 bits per heavy atom. The summed E-state index contributed by atoms with van der Waals surface area (Å²) in [5.41, 5.74) is 0. The van der Waals surface area contributed by atoms with Gasteiger partial charge >= 0.3 is 0 Å². The molecule has 1 saturated carbocycles. The number of imidazole rings is 1. The van der Waals surface area contributed by atoms with E-state index in [2.05, 4.69) is 16.9 Å². The first-order valence-corrected chi connectivity index (χ1v) is 7.42. The predicted molar refractivity (Wildman–Crippen MR) is 65.0 cm³/mol. The Bertz CT molecular complexity index is 455. The number of nitrogens with zero attached hydrogens (tertiary/aromatic N) is 2. The van der Waals surface area contributed by atoms with Crippen LogP contribution in [0.25, 0.3) is 0 Å². The number of rotatable bonds is 3. The molecule has 0 spiro atoms. The summed E-state index contributed by atoms with van der Waals surface area (Å²) in [5, 5.41) is 0.179. The number of aromatic amines is 1. The molecule has 2 rings (SSSR count). The molecule has 1 N–H and O–H groups in total. The zero-order valence-electron chi connectivity index (χ0n) is 10.3. The smallest absolute Gasteiger partial charge is 0.260 e. The third kappa shape index (κ3) is 2.52. The minimum Gasteiger partial charge on any atom is -0.335 e. The van der Waals surface area contributed by atoms with Gasteiger partial charge < -0.3 is 4.98 Å². The average molecular weight is 257 g/mol. The Morgan fingerprint density at radius 1 is 1.47 bits per heavy atom. The van der Waals surface area contributed by atoms with Crippen LogP contribution in [0.2, 0.25) is 0 Å². The number of nitrogens with one attached hydrogen (secondary N) is 1. The van der Waals surface area contributed by atoms with Gasteiger partial charge in [0.05, 0.1) is 12.5 Å². The quantitative estimate of drug-likeness (QED) is 0.894. The maximum Gasteiger partial charge on any atom is 0.260 e. The molecule has 17 heavy (non-hydrogen) atoms. The SMILES string of the molecule is CC1CCCC(N(C)S(=O)(=O)c2cnc[nH]2)C1. The molecule has 0 radical (unpaired) electrons. The van der Waals surface area contributed by atoms with Gasteiger partial charge in [0, 0.05) is 13.1 Å². The second-order valence-electron chi connectivity index (χ2n) is 4.86. The molecule has 1 aliphatic carbocycles. The van der Waals surface area contributed by atoms with E-state index in [9.17, 15) is 8.42 Å². The molecule has 96 valence electrons. The Labute approximate surface area is 102 Å². The van der Waals surface area contributed by atoms with Gasteiger partial charge in [0.25, 0.3) is 10.0 Å². The largest absolute Gasteiger partial charge is 0.335 e. The van der Waals surface area contributed by atoms with E-state index < -0.39 is 10.0 Å².